The monoisotopic (exact) mass is 390 g/mol. The molecule has 0 heterocycles. The van der Waals surface area contributed by atoms with Crippen molar-refractivity contribution in [1.29, 1.82) is 0 Å². The summed E-state index contributed by atoms with van der Waals surface area (Å²) in [5.41, 5.74) is 4.81. The minimum absolute atomic E-state index is 0.0252. The van der Waals surface area contributed by atoms with Crippen LogP contribution in [0.1, 0.15) is 70.2 Å². The molecule has 0 unspecified atom stereocenters. The molecule has 0 aliphatic rings. The average Bonchev–Trinajstić information content (AvgIpc) is 2.61. The van der Waals surface area contributed by atoms with Crippen molar-refractivity contribution >= 4 is 12.0 Å². The Morgan fingerprint density at radius 2 is 1.54 bits per heavy atom. The van der Waals surface area contributed by atoms with E-state index in [1.54, 1.807) is 0 Å². The number of hydrogen-bond acceptors (Lipinski definition) is 2. The lowest BCUT2D eigenvalue weighted by atomic mass is 9.82. The zero-order valence-electron chi connectivity index (χ0n) is 18.8. The molecule has 1 rings (SSSR count). The van der Waals surface area contributed by atoms with Crippen molar-refractivity contribution < 1.29 is 14.7 Å². The van der Waals surface area contributed by atoms with Crippen LogP contribution in [0.15, 0.2) is 12.1 Å². The van der Waals surface area contributed by atoms with Gasteiger partial charge in [-0.2, -0.15) is 0 Å². The summed E-state index contributed by atoms with van der Waals surface area (Å²) in [4.78, 5) is 27.1. The van der Waals surface area contributed by atoms with Crippen molar-refractivity contribution in [3.05, 3.63) is 34.4 Å². The zero-order valence-corrected chi connectivity index (χ0v) is 18.8. The molecular weight excluding hydrogens is 352 g/mol. The second-order valence-electron chi connectivity index (χ2n) is 8.36. The first-order valence-corrected chi connectivity index (χ1v) is 10.4. The van der Waals surface area contributed by atoms with E-state index in [1.165, 1.54) is 27.2 Å². The molecule has 0 aliphatic carbocycles. The van der Waals surface area contributed by atoms with E-state index >= 15 is 0 Å². The molecule has 0 radical (unpaired) electrons. The van der Waals surface area contributed by atoms with Crippen LogP contribution in [0, 0.1) is 6.92 Å². The number of aryl methyl sites for hydroxylation is 2. The topological polar surface area (TPSA) is 60.9 Å². The van der Waals surface area contributed by atoms with Crippen LogP contribution in [0.3, 0.4) is 0 Å². The van der Waals surface area contributed by atoms with Gasteiger partial charge < -0.3 is 14.9 Å². The number of nitrogens with zero attached hydrogens (tertiary/aromatic N) is 2. The molecule has 0 fully saturated rings. The molecule has 0 aromatic heterocycles. The molecule has 158 valence electrons. The summed E-state index contributed by atoms with van der Waals surface area (Å²) >= 11 is 0. The normalized spacial score (nSPS) is 11.4. The highest BCUT2D eigenvalue weighted by Gasteiger charge is 2.20. The van der Waals surface area contributed by atoms with Crippen LogP contribution in [0.5, 0.6) is 0 Å². The van der Waals surface area contributed by atoms with E-state index in [0.717, 1.165) is 13.1 Å². The maximum Gasteiger partial charge on any atom is 0.407 e. The van der Waals surface area contributed by atoms with Crippen LogP contribution in [-0.4, -0.2) is 53.1 Å². The Hall–Kier alpha value is -2.04. The molecule has 0 aliphatic heterocycles. The van der Waals surface area contributed by atoms with Crippen molar-refractivity contribution in [1.82, 2.24) is 9.80 Å². The first-order chi connectivity index (χ1) is 13.0. The third-order valence-corrected chi connectivity index (χ3v) is 5.44. The number of carbonyl (C=O) groups excluding carboxylic acids is 1. The summed E-state index contributed by atoms with van der Waals surface area (Å²) in [7, 11) is 0. The van der Waals surface area contributed by atoms with Gasteiger partial charge in [0.1, 0.15) is 0 Å². The molecule has 0 saturated heterocycles. The van der Waals surface area contributed by atoms with Gasteiger partial charge in [0, 0.05) is 32.6 Å². The smallest absolute Gasteiger partial charge is 0.407 e. The van der Waals surface area contributed by atoms with Gasteiger partial charge in [-0.15, -0.1) is 0 Å². The third-order valence-electron chi connectivity index (χ3n) is 5.44. The van der Waals surface area contributed by atoms with E-state index < -0.39 is 6.09 Å². The largest absolute Gasteiger partial charge is 0.465 e. The fraction of sp³-hybridized carbons (Fsp3) is 0.652. The SMILES string of the molecule is CCN(CCc1c(C)cc(C(C)(C)C)cc1CCC(=O)N(CC)CC)C(=O)O. The van der Waals surface area contributed by atoms with Crippen molar-refractivity contribution in [3.8, 4) is 0 Å². The minimum atomic E-state index is -0.885. The van der Waals surface area contributed by atoms with Gasteiger partial charge in [0.2, 0.25) is 5.91 Å². The predicted molar refractivity (Wildman–Crippen MR) is 115 cm³/mol. The molecule has 0 spiro atoms. The van der Waals surface area contributed by atoms with Crippen LogP contribution in [-0.2, 0) is 23.1 Å². The first kappa shape index (κ1) is 24.0. The fourth-order valence-electron chi connectivity index (χ4n) is 3.52. The lowest BCUT2D eigenvalue weighted by molar-refractivity contribution is -0.130. The van der Waals surface area contributed by atoms with Crippen LogP contribution < -0.4 is 0 Å². The van der Waals surface area contributed by atoms with Gasteiger partial charge in [-0.3, -0.25) is 4.79 Å². The summed E-state index contributed by atoms with van der Waals surface area (Å²) < 4.78 is 0. The van der Waals surface area contributed by atoms with Crippen molar-refractivity contribution in [2.75, 3.05) is 26.2 Å². The summed E-state index contributed by atoms with van der Waals surface area (Å²) in [5, 5.41) is 9.31. The zero-order chi connectivity index (χ0) is 21.5. The van der Waals surface area contributed by atoms with E-state index in [2.05, 4.69) is 39.8 Å². The van der Waals surface area contributed by atoms with E-state index in [1.807, 2.05) is 25.7 Å². The average molecular weight is 391 g/mol. The second kappa shape index (κ2) is 10.5. The number of amides is 2. The van der Waals surface area contributed by atoms with E-state index in [4.69, 9.17) is 0 Å². The van der Waals surface area contributed by atoms with Gasteiger partial charge in [0.05, 0.1) is 0 Å². The Kier molecular flexibility index (Phi) is 8.99. The van der Waals surface area contributed by atoms with Gasteiger partial charge in [0.15, 0.2) is 0 Å². The number of benzene rings is 1. The van der Waals surface area contributed by atoms with Crippen molar-refractivity contribution in [3.63, 3.8) is 0 Å². The minimum Gasteiger partial charge on any atom is -0.465 e. The van der Waals surface area contributed by atoms with Crippen molar-refractivity contribution in [2.45, 2.75) is 73.1 Å². The molecule has 1 aromatic rings. The molecule has 0 atom stereocenters. The maximum atomic E-state index is 12.5. The van der Waals surface area contributed by atoms with Gasteiger partial charge in [-0.05, 0) is 68.2 Å². The Bertz CT molecular complexity index is 673. The Morgan fingerprint density at radius 1 is 0.964 bits per heavy atom. The standard InChI is InChI=1S/C23H38N2O3/c1-8-24(9-2)21(26)12-11-18-16-19(23(5,6)7)15-17(4)20(18)13-14-25(10-3)22(27)28/h15-16H,8-14H2,1-7H3,(H,27,28). The van der Waals surface area contributed by atoms with Gasteiger partial charge in [-0.1, -0.05) is 32.9 Å². The third kappa shape index (κ3) is 6.54. The summed E-state index contributed by atoms with van der Waals surface area (Å²) in [5.74, 6) is 0.176. The molecule has 5 heteroatoms. The molecule has 2 amide bonds. The Labute approximate surface area is 170 Å². The maximum absolute atomic E-state index is 12.5. The molecule has 1 N–H and O–H groups in total. The predicted octanol–water partition coefficient (Wildman–Crippen LogP) is 4.64. The highest BCUT2D eigenvalue weighted by molar-refractivity contribution is 5.76. The number of carboxylic acid groups (broad SMARTS) is 1. The number of likely N-dealkylation sites (N-methyl/N-ethyl adjacent to an activating group) is 1. The Balaban J connectivity index is 3.15. The first-order valence-electron chi connectivity index (χ1n) is 10.4. The number of hydrogen-bond donors (Lipinski definition) is 1. The van der Waals surface area contributed by atoms with Crippen LogP contribution in [0.4, 0.5) is 4.79 Å². The summed E-state index contributed by atoms with van der Waals surface area (Å²) in [6.45, 7) is 16.9. The van der Waals surface area contributed by atoms with E-state index in [-0.39, 0.29) is 11.3 Å². The molecule has 1 aromatic carbocycles. The molecular formula is C23H38N2O3. The number of carbonyl (C=O) groups is 2. The summed E-state index contributed by atoms with van der Waals surface area (Å²) in [6.07, 6.45) is 0.961. The second-order valence-corrected chi connectivity index (χ2v) is 8.36. The van der Waals surface area contributed by atoms with Gasteiger partial charge in [0.25, 0.3) is 0 Å². The lowest BCUT2D eigenvalue weighted by Crippen LogP contribution is -2.32. The number of rotatable bonds is 9. The fourth-order valence-corrected chi connectivity index (χ4v) is 3.52. The van der Waals surface area contributed by atoms with Crippen LogP contribution in [0.2, 0.25) is 0 Å². The van der Waals surface area contributed by atoms with Crippen LogP contribution in [0.25, 0.3) is 0 Å². The van der Waals surface area contributed by atoms with Crippen molar-refractivity contribution in [2.24, 2.45) is 0 Å². The highest BCUT2D eigenvalue weighted by Crippen LogP contribution is 2.28. The quantitative estimate of drug-likeness (QED) is 0.668. The molecule has 5 nitrogen and oxygen atoms in total. The van der Waals surface area contributed by atoms with Crippen LogP contribution >= 0.6 is 0 Å². The molecule has 0 bridgehead atoms. The van der Waals surface area contributed by atoms with E-state index in [9.17, 15) is 14.7 Å². The highest BCUT2D eigenvalue weighted by atomic mass is 16.4. The molecule has 0 saturated carbocycles. The lowest BCUT2D eigenvalue weighted by Gasteiger charge is -2.25. The Morgan fingerprint density at radius 3 is 2.00 bits per heavy atom. The molecule has 28 heavy (non-hydrogen) atoms. The summed E-state index contributed by atoms with van der Waals surface area (Å²) in [6, 6.07) is 4.43. The van der Waals surface area contributed by atoms with Gasteiger partial charge in [-0.25, -0.2) is 4.79 Å². The van der Waals surface area contributed by atoms with E-state index in [0.29, 0.717) is 32.4 Å². The van der Waals surface area contributed by atoms with Gasteiger partial charge >= 0.3 is 6.09 Å².